The van der Waals surface area contributed by atoms with E-state index in [4.69, 9.17) is 21.1 Å². The van der Waals surface area contributed by atoms with Gasteiger partial charge in [-0.05, 0) is 54.3 Å². The van der Waals surface area contributed by atoms with Gasteiger partial charge in [-0.3, -0.25) is 0 Å². The number of benzene rings is 3. The van der Waals surface area contributed by atoms with Crippen molar-refractivity contribution in [3.05, 3.63) is 101 Å². The van der Waals surface area contributed by atoms with Crippen LogP contribution in [-0.2, 0) is 17.8 Å². The summed E-state index contributed by atoms with van der Waals surface area (Å²) in [7, 11) is 0. The minimum absolute atomic E-state index is 0.291. The monoisotopic (exact) mass is 380 g/mol. The summed E-state index contributed by atoms with van der Waals surface area (Å²) in [5, 5.41) is 0.699. The molecule has 0 unspecified atom stereocenters. The largest absolute Gasteiger partial charge is 0.489 e. The summed E-state index contributed by atoms with van der Waals surface area (Å²) in [5.41, 5.74) is 2.69. The number of carbonyl (C=O) groups excluding carboxylic acids is 1. The van der Waals surface area contributed by atoms with Gasteiger partial charge < -0.3 is 9.47 Å². The van der Waals surface area contributed by atoms with Crippen molar-refractivity contribution in [3.63, 3.8) is 0 Å². The average Bonchev–Trinajstić information content (AvgIpc) is 2.71. The molecule has 138 valence electrons. The molecule has 0 aliphatic carbocycles. The molecule has 0 bridgehead atoms. The maximum atomic E-state index is 12.0. The van der Waals surface area contributed by atoms with Crippen LogP contribution in [0.3, 0.4) is 0 Å². The van der Waals surface area contributed by atoms with Crippen molar-refractivity contribution in [1.82, 2.24) is 0 Å². The maximum Gasteiger partial charge on any atom is 0.338 e. The molecule has 0 spiro atoms. The number of hydrogen-bond acceptors (Lipinski definition) is 3. The first-order valence-electron chi connectivity index (χ1n) is 8.90. The highest BCUT2D eigenvalue weighted by Crippen LogP contribution is 2.21. The molecular formula is C23H21ClO3. The Hall–Kier alpha value is -2.78. The van der Waals surface area contributed by atoms with Crippen molar-refractivity contribution in [2.24, 2.45) is 0 Å². The predicted octanol–water partition coefficient (Wildman–Crippen LogP) is 5.71. The Balaban J connectivity index is 1.49. The van der Waals surface area contributed by atoms with Crippen molar-refractivity contribution in [2.45, 2.75) is 19.4 Å². The van der Waals surface area contributed by atoms with Gasteiger partial charge in [0.25, 0.3) is 0 Å². The van der Waals surface area contributed by atoms with Crippen LogP contribution in [0.15, 0.2) is 78.9 Å². The summed E-state index contributed by atoms with van der Waals surface area (Å²) in [4.78, 5) is 12.0. The number of esters is 1. The number of para-hydroxylation sites is 1. The summed E-state index contributed by atoms with van der Waals surface area (Å²) in [5.74, 6) is 0.549. The fourth-order valence-electron chi connectivity index (χ4n) is 2.72. The molecule has 0 N–H and O–H groups in total. The smallest absolute Gasteiger partial charge is 0.338 e. The molecular weight excluding hydrogens is 360 g/mol. The quantitative estimate of drug-likeness (QED) is 0.371. The highest BCUT2D eigenvalue weighted by Gasteiger charge is 2.07. The molecule has 3 aromatic carbocycles. The Morgan fingerprint density at radius 3 is 2.48 bits per heavy atom. The molecule has 0 fully saturated rings. The van der Waals surface area contributed by atoms with Crippen molar-refractivity contribution < 1.29 is 14.3 Å². The maximum absolute atomic E-state index is 12.0. The Kier molecular flexibility index (Phi) is 6.89. The number of aryl methyl sites for hydroxylation is 1. The summed E-state index contributed by atoms with van der Waals surface area (Å²) in [6.45, 7) is 0.830. The Morgan fingerprint density at radius 2 is 1.67 bits per heavy atom. The molecule has 0 heterocycles. The fourth-order valence-corrected chi connectivity index (χ4v) is 2.94. The van der Waals surface area contributed by atoms with E-state index in [1.54, 1.807) is 12.1 Å². The van der Waals surface area contributed by atoms with Gasteiger partial charge in [0.2, 0.25) is 0 Å². The molecule has 3 rings (SSSR count). The number of halogens is 1. The van der Waals surface area contributed by atoms with E-state index in [1.807, 2.05) is 66.7 Å². The molecule has 0 atom stereocenters. The average molecular weight is 381 g/mol. The van der Waals surface area contributed by atoms with Gasteiger partial charge in [0.1, 0.15) is 12.4 Å². The molecule has 0 saturated carbocycles. The summed E-state index contributed by atoms with van der Waals surface area (Å²) in [6, 6.07) is 24.6. The van der Waals surface area contributed by atoms with Gasteiger partial charge in [-0.25, -0.2) is 4.79 Å². The predicted molar refractivity (Wildman–Crippen MR) is 107 cm³/mol. The molecule has 4 heteroatoms. The summed E-state index contributed by atoms with van der Waals surface area (Å²) in [6.07, 6.45) is 1.50. The SMILES string of the molecule is O=C(OCCCc1ccccc1OCc1cccc(Cl)c1)c1ccccc1. The van der Waals surface area contributed by atoms with Gasteiger partial charge >= 0.3 is 5.97 Å². The Bertz CT molecular complexity index is 878. The lowest BCUT2D eigenvalue weighted by molar-refractivity contribution is 0.0500. The first-order valence-corrected chi connectivity index (χ1v) is 9.27. The number of hydrogen-bond donors (Lipinski definition) is 0. The first kappa shape index (κ1) is 19.0. The van der Waals surface area contributed by atoms with Crippen molar-refractivity contribution in [1.29, 1.82) is 0 Å². The lowest BCUT2D eigenvalue weighted by atomic mass is 10.1. The zero-order chi connectivity index (χ0) is 18.9. The second-order valence-electron chi connectivity index (χ2n) is 6.13. The second kappa shape index (κ2) is 9.79. The normalized spacial score (nSPS) is 10.4. The minimum atomic E-state index is -0.291. The van der Waals surface area contributed by atoms with Crippen LogP contribution in [-0.4, -0.2) is 12.6 Å². The van der Waals surface area contributed by atoms with Gasteiger partial charge in [-0.1, -0.05) is 60.1 Å². The van der Waals surface area contributed by atoms with Crippen LogP contribution < -0.4 is 4.74 Å². The van der Waals surface area contributed by atoms with Crippen molar-refractivity contribution in [2.75, 3.05) is 6.61 Å². The number of carbonyl (C=O) groups is 1. The van der Waals surface area contributed by atoms with Gasteiger partial charge in [-0.15, -0.1) is 0 Å². The van der Waals surface area contributed by atoms with E-state index in [9.17, 15) is 4.79 Å². The molecule has 0 radical (unpaired) electrons. The standard InChI is InChI=1S/C23H21ClO3/c24-21-13-6-8-18(16-21)17-27-22-14-5-4-9-19(22)12-7-15-26-23(25)20-10-2-1-3-11-20/h1-6,8-11,13-14,16H,7,12,15,17H2. The lowest BCUT2D eigenvalue weighted by Crippen LogP contribution is -2.07. The summed E-state index contributed by atoms with van der Waals surface area (Å²) < 4.78 is 11.3. The van der Waals surface area contributed by atoms with E-state index in [-0.39, 0.29) is 5.97 Å². The first-order chi connectivity index (χ1) is 13.2. The van der Waals surface area contributed by atoms with E-state index in [0.717, 1.165) is 29.7 Å². The van der Waals surface area contributed by atoms with Crippen LogP contribution >= 0.6 is 11.6 Å². The van der Waals surface area contributed by atoms with E-state index >= 15 is 0 Å². The molecule has 0 aliphatic heterocycles. The van der Waals surface area contributed by atoms with E-state index in [0.29, 0.717) is 23.8 Å². The number of rotatable bonds is 8. The van der Waals surface area contributed by atoms with Gasteiger partial charge in [0, 0.05) is 5.02 Å². The lowest BCUT2D eigenvalue weighted by Gasteiger charge is -2.12. The van der Waals surface area contributed by atoms with Crippen LogP contribution in [0.4, 0.5) is 0 Å². The van der Waals surface area contributed by atoms with Crippen LogP contribution in [0.1, 0.15) is 27.9 Å². The molecule has 0 amide bonds. The molecule has 0 aromatic heterocycles. The topological polar surface area (TPSA) is 35.5 Å². The van der Waals surface area contributed by atoms with Crippen molar-refractivity contribution in [3.8, 4) is 5.75 Å². The zero-order valence-corrected chi connectivity index (χ0v) is 15.7. The minimum Gasteiger partial charge on any atom is -0.489 e. The van der Waals surface area contributed by atoms with Crippen LogP contribution in [0.5, 0.6) is 5.75 Å². The third-order valence-corrected chi connectivity index (χ3v) is 4.32. The molecule has 0 aliphatic rings. The van der Waals surface area contributed by atoms with Crippen molar-refractivity contribution >= 4 is 17.6 Å². The van der Waals surface area contributed by atoms with Gasteiger partial charge in [0.15, 0.2) is 0 Å². The van der Waals surface area contributed by atoms with E-state index in [1.165, 1.54) is 0 Å². The van der Waals surface area contributed by atoms with E-state index < -0.39 is 0 Å². The summed E-state index contributed by atoms with van der Waals surface area (Å²) >= 11 is 6.02. The third kappa shape index (κ3) is 5.87. The van der Waals surface area contributed by atoms with Gasteiger partial charge in [-0.2, -0.15) is 0 Å². The van der Waals surface area contributed by atoms with Crippen LogP contribution in [0.25, 0.3) is 0 Å². The Morgan fingerprint density at radius 1 is 0.889 bits per heavy atom. The number of ether oxygens (including phenoxy) is 2. The zero-order valence-electron chi connectivity index (χ0n) is 14.9. The van der Waals surface area contributed by atoms with Crippen LogP contribution in [0.2, 0.25) is 5.02 Å². The third-order valence-electron chi connectivity index (χ3n) is 4.09. The molecule has 3 aromatic rings. The second-order valence-corrected chi connectivity index (χ2v) is 6.57. The van der Waals surface area contributed by atoms with Crippen LogP contribution in [0, 0.1) is 0 Å². The molecule has 0 saturated heterocycles. The molecule has 3 nitrogen and oxygen atoms in total. The Labute approximate surface area is 164 Å². The van der Waals surface area contributed by atoms with E-state index in [2.05, 4.69) is 0 Å². The van der Waals surface area contributed by atoms with Gasteiger partial charge in [0.05, 0.1) is 12.2 Å². The highest BCUT2D eigenvalue weighted by atomic mass is 35.5. The molecule has 27 heavy (non-hydrogen) atoms. The highest BCUT2D eigenvalue weighted by molar-refractivity contribution is 6.30. The fraction of sp³-hybridized carbons (Fsp3) is 0.174.